The number of hydrogen-bond acceptors (Lipinski definition) is 6. The average Bonchev–Trinajstić information content (AvgIpc) is 1.43. The number of hydrogen-bond donors (Lipinski definition) is 4. The van der Waals surface area contributed by atoms with E-state index in [1.807, 2.05) is 0 Å². The maximum atomic E-state index is 10.3. The fraction of sp³-hybridized carbons (Fsp3) is 0. The summed E-state index contributed by atoms with van der Waals surface area (Å²) < 4.78 is 53.6. The second-order valence-electron chi connectivity index (χ2n) is 1.54. The quantitative estimate of drug-likeness (QED) is 0.286. The molecule has 0 rings (SSSR count). The Balaban J connectivity index is 0. The zero-order valence-corrected chi connectivity index (χ0v) is 9.39. The van der Waals surface area contributed by atoms with Gasteiger partial charge >= 0.3 is 26.0 Å². The molecule has 0 amide bonds. The fourth-order valence-electron chi connectivity index (χ4n) is 0.267. The molecule has 0 aliphatic heterocycles. The molecule has 0 bridgehead atoms. The molecular weight excluding hydrogens is 318 g/mol. The molecule has 0 fully saturated rings. The van der Waals surface area contributed by atoms with E-state index in [1.165, 1.54) is 0 Å². The number of phosphoric acid groups is 2. The van der Waals surface area contributed by atoms with E-state index in [0.717, 1.165) is 0 Å². The van der Waals surface area contributed by atoms with Crippen molar-refractivity contribution in [2.45, 2.75) is 0 Å². The Hall–Kier alpha value is 0.689. The third-order valence-corrected chi connectivity index (χ3v) is 3.58. The van der Waals surface area contributed by atoms with E-state index in [1.54, 1.807) is 0 Å². The summed E-state index contributed by atoms with van der Waals surface area (Å²) >= 11 is 0. The van der Waals surface area contributed by atoms with Crippen LogP contribution in [0.5, 0.6) is 0 Å². The van der Waals surface area contributed by atoms with Gasteiger partial charge in [-0.05, 0) is 0 Å². The Labute approximate surface area is 88.5 Å². The van der Waals surface area contributed by atoms with Crippen LogP contribution >= 0.6 is 15.6 Å². The van der Waals surface area contributed by atoms with Crippen molar-refractivity contribution in [3.8, 4) is 0 Å². The van der Waals surface area contributed by atoms with E-state index >= 15 is 0 Å². The van der Waals surface area contributed by atoms with Crippen LogP contribution < -0.4 is 0 Å². The van der Waals surface area contributed by atoms with Gasteiger partial charge in [0.05, 0.1) is 0 Å². The van der Waals surface area contributed by atoms with E-state index in [-0.39, 0.29) is 17.1 Å². The van der Waals surface area contributed by atoms with Crippen LogP contribution in [0.1, 0.15) is 0 Å². The SMILES string of the molecule is O=P(O)(O)OP(=O)(O)OS(=O)(=O)O.[Cu]. The normalized spacial score (nSPS) is 16.9. The van der Waals surface area contributed by atoms with Crippen LogP contribution in [-0.2, 0) is 44.9 Å². The Kier molecular flexibility index (Phi) is 6.29. The van der Waals surface area contributed by atoms with Crippen LogP contribution in [0.4, 0.5) is 0 Å². The van der Waals surface area contributed by atoms with E-state index in [9.17, 15) is 17.5 Å². The summed E-state index contributed by atoms with van der Waals surface area (Å²) in [5, 5.41) is 0. The molecule has 0 aliphatic rings. The Morgan fingerprint density at radius 3 is 1.64 bits per heavy atom. The zero-order valence-electron chi connectivity index (χ0n) is 5.84. The van der Waals surface area contributed by atoms with E-state index in [0.29, 0.717) is 0 Å². The van der Waals surface area contributed by atoms with Crippen LogP contribution in [-0.4, -0.2) is 27.7 Å². The minimum atomic E-state index is -5.54. The van der Waals surface area contributed by atoms with E-state index in [2.05, 4.69) is 8.28 Å². The van der Waals surface area contributed by atoms with Crippen LogP contribution in [0, 0.1) is 0 Å². The third kappa shape index (κ3) is 10.8. The predicted molar refractivity (Wildman–Crippen MR) is 35.6 cm³/mol. The molecule has 10 nitrogen and oxygen atoms in total. The summed E-state index contributed by atoms with van der Waals surface area (Å²) in [7, 11) is -16.3. The van der Waals surface area contributed by atoms with Gasteiger partial charge in [0.15, 0.2) is 0 Å². The monoisotopic (exact) mass is 321 g/mol. The number of rotatable bonds is 4. The Morgan fingerprint density at radius 2 is 1.43 bits per heavy atom. The molecule has 0 aromatic rings. The Bertz CT molecular complexity index is 360. The maximum absolute atomic E-state index is 10.3. The molecule has 0 saturated heterocycles. The summed E-state index contributed by atoms with van der Waals surface area (Å²) in [5.74, 6) is 0. The predicted octanol–water partition coefficient (Wildman–Crippen LogP) is -0.987. The first kappa shape index (κ1) is 17.1. The van der Waals surface area contributed by atoms with Crippen LogP contribution in [0.3, 0.4) is 0 Å². The zero-order chi connectivity index (χ0) is 10.9. The summed E-state index contributed by atoms with van der Waals surface area (Å²) in [6, 6.07) is 0. The molecule has 0 saturated carbocycles. The van der Waals surface area contributed by atoms with Gasteiger partial charge in [-0.15, -0.1) is 3.97 Å². The first-order chi connectivity index (χ1) is 5.41. The molecule has 0 aromatic heterocycles. The van der Waals surface area contributed by atoms with Crippen molar-refractivity contribution in [2.75, 3.05) is 0 Å². The maximum Gasteiger partial charge on any atom is 0.497 e. The largest absolute Gasteiger partial charge is 0.497 e. The van der Waals surface area contributed by atoms with Crippen molar-refractivity contribution in [1.29, 1.82) is 0 Å². The van der Waals surface area contributed by atoms with Crippen molar-refractivity contribution in [2.24, 2.45) is 0 Å². The summed E-state index contributed by atoms with van der Waals surface area (Å²) in [4.78, 5) is 24.2. The van der Waals surface area contributed by atoms with Crippen molar-refractivity contribution in [1.82, 2.24) is 0 Å². The minimum Gasteiger partial charge on any atom is -0.302 e. The van der Waals surface area contributed by atoms with Gasteiger partial charge in [-0.3, -0.25) is 4.55 Å². The van der Waals surface area contributed by atoms with Crippen molar-refractivity contribution >= 4 is 26.0 Å². The molecule has 0 aliphatic carbocycles. The molecule has 14 heteroatoms. The van der Waals surface area contributed by atoms with Gasteiger partial charge < -0.3 is 14.7 Å². The van der Waals surface area contributed by atoms with Crippen LogP contribution in [0.15, 0.2) is 0 Å². The summed E-state index contributed by atoms with van der Waals surface area (Å²) in [6.07, 6.45) is 0. The molecule has 91 valence electrons. The molecule has 1 unspecified atom stereocenters. The minimum absolute atomic E-state index is 0. The first-order valence-corrected chi connectivity index (χ1v) is 6.59. The Morgan fingerprint density at radius 1 is 1.07 bits per heavy atom. The molecule has 0 heterocycles. The second-order valence-corrected chi connectivity index (χ2v) is 5.57. The molecule has 1 radical (unpaired) electrons. The summed E-state index contributed by atoms with van der Waals surface area (Å²) in [6.45, 7) is 0. The topological polar surface area (TPSA) is 168 Å². The molecular formula is H4CuO10P2S. The van der Waals surface area contributed by atoms with Gasteiger partial charge in [-0.2, -0.15) is 12.7 Å². The van der Waals surface area contributed by atoms with Crippen LogP contribution in [0.25, 0.3) is 0 Å². The van der Waals surface area contributed by atoms with Gasteiger partial charge in [0.25, 0.3) is 0 Å². The average molecular weight is 322 g/mol. The van der Waals surface area contributed by atoms with Gasteiger partial charge in [0.1, 0.15) is 0 Å². The molecule has 14 heavy (non-hydrogen) atoms. The van der Waals surface area contributed by atoms with Crippen molar-refractivity contribution < 1.29 is 62.1 Å². The van der Waals surface area contributed by atoms with Crippen molar-refractivity contribution in [3.63, 3.8) is 0 Å². The van der Waals surface area contributed by atoms with Gasteiger partial charge in [0.2, 0.25) is 0 Å². The van der Waals surface area contributed by atoms with E-state index < -0.39 is 26.0 Å². The second kappa shape index (κ2) is 5.15. The van der Waals surface area contributed by atoms with Gasteiger partial charge in [-0.25, -0.2) is 9.13 Å². The van der Waals surface area contributed by atoms with Gasteiger partial charge in [0, 0.05) is 17.1 Å². The van der Waals surface area contributed by atoms with E-state index in [4.69, 9.17) is 19.2 Å². The molecule has 4 N–H and O–H groups in total. The smallest absolute Gasteiger partial charge is 0.302 e. The molecule has 0 aromatic carbocycles. The van der Waals surface area contributed by atoms with Crippen LogP contribution in [0.2, 0.25) is 0 Å². The van der Waals surface area contributed by atoms with Gasteiger partial charge in [-0.1, -0.05) is 0 Å². The molecule has 1 atom stereocenters. The third-order valence-electron chi connectivity index (χ3n) is 0.398. The standard InChI is InChI=1S/Cu.H4O10P2S/c;1-11(2,3)9-12(4,5)10-13(6,7)8/h;(H,4,5)(H2,1,2,3)(H,6,7,8). The molecule has 0 spiro atoms. The summed E-state index contributed by atoms with van der Waals surface area (Å²) in [5.41, 5.74) is 0. The fourth-order valence-corrected chi connectivity index (χ4v) is 2.65. The van der Waals surface area contributed by atoms with Crippen molar-refractivity contribution in [3.05, 3.63) is 0 Å². The first-order valence-electron chi connectivity index (χ1n) is 2.20.